The number of benzene rings is 2. The highest BCUT2D eigenvalue weighted by Gasteiger charge is 2.12. The third kappa shape index (κ3) is 3.46. The highest BCUT2D eigenvalue weighted by molar-refractivity contribution is 7.13. The van der Waals surface area contributed by atoms with Crippen molar-refractivity contribution in [1.29, 1.82) is 0 Å². The first kappa shape index (κ1) is 16.2. The summed E-state index contributed by atoms with van der Waals surface area (Å²) in [6.07, 6.45) is 0. The van der Waals surface area contributed by atoms with Gasteiger partial charge in [-0.25, -0.2) is 4.98 Å². The summed E-state index contributed by atoms with van der Waals surface area (Å²) >= 11 is 1.58. The zero-order valence-corrected chi connectivity index (χ0v) is 14.4. The number of nitrogens with one attached hydrogen (secondary N) is 1. The van der Waals surface area contributed by atoms with Crippen LogP contribution in [0.5, 0.6) is 5.75 Å². The Morgan fingerprint density at radius 3 is 2.71 bits per heavy atom. The predicted octanol–water partition coefficient (Wildman–Crippen LogP) is 4.06. The summed E-state index contributed by atoms with van der Waals surface area (Å²) in [6, 6.07) is 15.3. The van der Waals surface area contributed by atoms with Crippen LogP contribution >= 0.6 is 11.3 Å². The molecular formula is C19H18N2O2S. The van der Waals surface area contributed by atoms with Crippen LogP contribution in [0, 0.1) is 6.92 Å². The number of thiazole rings is 1. The third-order valence-electron chi connectivity index (χ3n) is 3.71. The molecular weight excluding hydrogens is 320 g/mol. The monoisotopic (exact) mass is 338 g/mol. The fraction of sp³-hybridized carbons (Fsp3) is 0.158. The van der Waals surface area contributed by atoms with Gasteiger partial charge in [-0.15, -0.1) is 11.3 Å². The zero-order chi connectivity index (χ0) is 16.9. The number of hydrogen-bond acceptors (Lipinski definition) is 4. The van der Waals surface area contributed by atoms with E-state index in [9.17, 15) is 4.79 Å². The summed E-state index contributed by atoms with van der Waals surface area (Å²) in [4.78, 5) is 16.9. The van der Waals surface area contributed by atoms with Gasteiger partial charge in [-0.1, -0.05) is 36.4 Å². The number of carbonyl (C=O) groups excluding carboxylic acids is 1. The third-order valence-corrected chi connectivity index (χ3v) is 4.63. The molecule has 0 unspecified atom stereocenters. The lowest BCUT2D eigenvalue weighted by molar-refractivity contribution is 0.0947. The minimum atomic E-state index is -0.169. The van der Waals surface area contributed by atoms with E-state index in [1.807, 2.05) is 29.6 Å². The Balaban J connectivity index is 1.70. The number of methoxy groups -OCH3 is 1. The van der Waals surface area contributed by atoms with E-state index < -0.39 is 0 Å². The summed E-state index contributed by atoms with van der Waals surface area (Å²) in [5.74, 6) is 0.395. The number of aryl methyl sites for hydroxylation is 1. The normalized spacial score (nSPS) is 10.4. The molecule has 0 aliphatic heterocycles. The Kier molecular flexibility index (Phi) is 4.91. The summed E-state index contributed by atoms with van der Waals surface area (Å²) in [5, 5.41) is 5.84. The number of hydrogen-bond donors (Lipinski definition) is 1. The van der Waals surface area contributed by atoms with Crippen LogP contribution in [0.1, 0.15) is 21.6 Å². The average Bonchev–Trinajstić information content (AvgIpc) is 3.08. The van der Waals surface area contributed by atoms with Gasteiger partial charge in [0.15, 0.2) is 0 Å². The average molecular weight is 338 g/mol. The molecule has 3 rings (SSSR count). The van der Waals surface area contributed by atoms with Crippen LogP contribution in [0.4, 0.5) is 0 Å². The molecule has 0 atom stereocenters. The number of nitrogens with zero attached hydrogens (tertiary/aromatic N) is 1. The van der Waals surface area contributed by atoms with Gasteiger partial charge in [-0.3, -0.25) is 4.79 Å². The van der Waals surface area contributed by atoms with E-state index in [-0.39, 0.29) is 5.91 Å². The molecule has 0 aliphatic rings. The number of para-hydroxylation sites is 1. The molecule has 5 heteroatoms. The lowest BCUT2D eigenvalue weighted by atomic mass is 10.1. The van der Waals surface area contributed by atoms with Gasteiger partial charge in [0.2, 0.25) is 0 Å². The van der Waals surface area contributed by atoms with Crippen molar-refractivity contribution in [2.24, 2.45) is 0 Å². The molecule has 3 aromatic rings. The molecule has 2 aromatic carbocycles. The van der Waals surface area contributed by atoms with Crippen LogP contribution in [-0.4, -0.2) is 18.0 Å². The van der Waals surface area contributed by atoms with Gasteiger partial charge in [0.1, 0.15) is 10.8 Å². The molecule has 24 heavy (non-hydrogen) atoms. The Morgan fingerprint density at radius 1 is 1.17 bits per heavy atom. The maximum atomic E-state index is 12.3. The number of amides is 1. The Morgan fingerprint density at radius 2 is 1.92 bits per heavy atom. The molecule has 1 aromatic heterocycles. The van der Waals surface area contributed by atoms with Crippen molar-refractivity contribution in [2.75, 3.05) is 7.11 Å². The SMILES string of the molecule is COc1ccccc1C(=O)NCc1csc(-c2ccccc2C)n1. The zero-order valence-electron chi connectivity index (χ0n) is 13.6. The molecule has 1 amide bonds. The van der Waals surface area contributed by atoms with E-state index in [4.69, 9.17) is 4.74 Å². The number of carbonyl (C=O) groups is 1. The van der Waals surface area contributed by atoms with Crippen molar-refractivity contribution in [3.63, 3.8) is 0 Å². The summed E-state index contributed by atoms with van der Waals surface area (Å²) in [6.45, 7) is 2.46. The van der Waals surface area contributed by atoms with Gasteiger partial charge in [0, 0.05) is 10.9 Å². The van der Waals surface area contributed by atoms with Gasteiger partial charge in [-0.05, 0) is 24.6 Å². The van der Waals surface area contributed by atoms with Crippen molar-refractivity contribution < 1.29 is 9.53 Å². The van der Waals surface area contributed by atoms with Gasteiger partial charge < -0.3 is 10.1 Å². The lowest BCUT2D eigenvalue weighted by Crippen LogP contribution is -2.23. The smallest absolute Gasteiger partial charge is 0.255 e. The molecule has 0 saturated carbocycles. The van der Waals surface area contributed by atoms with E-state index in [1.165, 1.54) is 5.56 Å². The topological polar surface area (TPSA) is 51.2 Å². The fourth-order valence-electron chi connectivity index (χ4n) is 2.42. The maximum Gasteiger partial charge on any atom is 0.255 e. The van der Waals surface area contributed by atoms with Gasteiger partial charge >= 0.3 is 0 Å². The maximum absolute atomic E-state index is 12.3. The van der Waals surface area contributed by atoms with Crippen LogP contribution in [0.3, 0.4) is 0 Å². The van der Waals surface area contributed by atoms with Crippen molar-refractivity contribution in [3.8, 4) is 16.3 Å². The minimum Gasteiger partial charge on any atom is -0.496 e. The molecule has 0 saturated heterocycles. The fourth-order valence-corrected chi connectivity index (χ4v) is 3.33. The molecule has 0 bridgehead atoms. The van der Waals surface area contributed by atoms with E-state index in [2.05, 4.69) is 29.4 Å². The number of aromatic nitrogens is 1. The van der Waals surface area contributed by atoms with Crippen molar-refractivity contribution in [1.82, 2.24) is 10.3 Å². The largest absolute Gasteiger partial charge is 0.496 e. The minimum absolute atomic E-state index is 0.169. The van der Waals surface area contributed by atoms with E-state index in [0.29, 0.717) is 17.9 Å². The van der Waals surface area contributed by atoms with Crippen molar-refractivity contribution in [3.05, 3.63) is 70.7 Å². The Hall–Kier alpha value is -2.66. The quantitative estimate of drug-likeness (QED) is 0.763. The molecule has 0 spiro atoms. The first-order valence-electron chi connectivity index (χ1n) is 7.60. The lowest BCUT2D eigenvalue weighted by Gasteiger charge is -2.08. The molecule has 122 valence electrons. The highest BCUT2D eigenvalue weighted by Crippen LogP contribution is 2.26. The first-order chi connectivity index (χ1) is 11.7. The van der Waals surface area contributed by atoms with Crippen molar-refractivity contribution in [2.45, 2.75) is 13.5 Å². The predicted molar refractivity (Wildman–Crippen MR) is 96.5 cm³/mol. The molecule has 4 nitrogen and oxygen atoms in total. The second-order valence-corrected chi connectivity index (χ2v) is 6.20. The summed E-state index contributed by atoms with van der Waals surface area (Å²) < 4.78 is 5.22. The van der Waals surface area contributed by atoms with Crippen LogP contribution in [0.2, 0.25) is 0 Å². The molecule has 0 fully saturated rings. The van der Waals surface area contributed by atoms with Crippen LogP contribution in [0.15, 0.2) is 53.9 Å². The molecule has 0 aliphatic carbocycles. The summed E-state index contributed by atoms with van der Waals surface area (Å²) in [7, 11) is 1.56. The van der Waals surface area contributed by atoms with Gasteiger partial charge in [-0.2, -0.15) is 0 Å². The first-order valence-corrected chi connectivity index (χ1v) is 8.48. The molecule has 1 N–H and O–H groups in total. The van der Waals surface area contributed by atoms with E-state index >= 15 is 0 Å². The number of rotatable bonds is 5. The standard InChI is InChI=1S/C19H18N2O2S/c1-13-7-3-4-8-15(13)19-21-14(12-24-19)11-20-18(22)16-9-5-6-10-17(16)23-2/h3-10,12H,11H2,1-2H3,(H,20,22). The Labute approximate surface area is 145 Å². The Bertz CT molecular complexity index is 858. The molecule has 0 radical (unpaired) electrons. The van der Waals surface area contributed by atoms with E-state index in [1.54, 1.807) is 30.6 Å². The van der Waals surface area contributed by atoms with Gasteiger partial charge in [0.25, 0.3) is 5.91 Å². The highest BCUT2D eigenvalue weighted by atomic mass is 32.1. The van der Waals surface area contributed by atoms with E-state index in [0.717, 1.165) is 16.3 Å². The van der Waals surface area contributed by atoms with Crippen LogP contribution in [0.25, 0.3) is 10.6 Å². The van der Waals surface area contributed by atoms with Crippen molar-refractivity contribution >= 4 is 17.2 Å². The summed E-state index contributed by atoms with van der Waals surface area (Å²) in [5.41, 5.74) is 3.69. The molecule has 1 heterocycles. The number of ether oxygens (including phenoxy) is 1. The van der Waals surface area contributed by atoms with Crippen LogP contribution in [-0.2, 0) is 6.54 Å². The van der Waals surface area contributed by atoms with Crippen LogP contribution < -0.4 is 10.1 Å². The van der Waals surface area contributed by atoms with Gasteiger partial charge in [0.05, 0.1) is 24.9 Å². The second-order valence-electron chi connectivity index (χ2n) is 5.34. The second kappa shape index (κ2) is 7.27.